The van der Waals surface area contributed by atoms with Crippen molar-refractivity contribution >= 4 is 23.2 Å². The largest absolute Gasteiger partial charge is 0.270 e. The third-order valence-electron chi connectivity index (χ3n) is 1.59. The second kappa shape index (κ2) is 3.46. The van der Waals surface area contributed by atoms with Crippen LogP contribution in [0.25, 0.3) is 0 Å². The van der Waals surface area contributed by atoms with Crippen LogP contribution >= 0.6 is 23.2 Å². The Morgan fingerprint density at radius 2 is 2.36 bits per heavy atom. The van der Waals surface area contributed by atoms with Crippen molar-refractivity contribution in [1.82, 2.24) is 9.78 Å². The molecule has 0 aromatic carbocycles. The normalized spacial score (nSPS) is 13.5. The summed E-state index contributed by atoms with van der Waals surface area (Å²) in [5, 5.41) is 4.60. The SMILES string of the molecule is CCC(Cl)c1c(Cl)cnn1C. The third kappa shape index (κ3) is 1.68. The Labute approximate surface area is 76.1 Å². The maximum Gasteiger partial charge on any atom is 0.0833 e. The van der Waals surface area contributed by atoms with E-state index < -0.39 is 0 Å². The first-order valence-electron chi connectivity index (χ1n) is 3.48. The topological polar surface area (TPSA) is 17.8 Å². The highest BCUT2D eigenvalue weighted by Gasteiger charge is 2.13. The predicted octanol–water partition coefficient (Wildman–Crippen LogP) is 2.76. The first-order valence-corrected chi connectivity index (χ1v) is 4.29. The van der Waals surface area contributed by atoms with Crippen LogP contribution in [0.4, 0.5) is 0 Å². The molecule has 2 nitrogen and oxygen atoms in total. The van der Waals surface area contributed by atoms with E-state index in [0.29, 0.717) is 5.02 Å². The quantitative estimate of drug-likeness (QED) is 0.660. The van der Waals surface area contributed by atoms with E-state index in [9.17, 15) is 0 Å². The summed E-state index contributed by atoms with van der Waals surface area (Å²) in [7, 11) is 1.84. The van der Waals surface area contributed by atoms with Crippen LogP contribution in [0.1, 0.15) is 24.4 Å². The average molecular weight is 193 g/mol. The van der Waals surface area contributed by atoms with Crippen molar-refractivity contribution in [3.05, 3.63) is 16.9 Å². The molecule has 0 aliphatic heterocycles. The van der Waals surface area contributed by atoms with Crippen LogP contribution < -0.4 is 0 Å². The summed E-state index contributed by atoms with van der Waals surface area (Å²) in [5.41, 5.74) is 0.899. The van der Waals surface area contributed by atoms with E-state index in [1.807, 2.05) is 14.0 Å². The van der Waals surface area contributed by atoms with Gasteiger partial charge in [0.1, 0.15) is 0 Å². The molecule has 1 aromatic rings. The van der Waals surface area contributed by atoms with Crippen LogP contribution in [0.3, 0.4) is 0 Å². The summed E-state index contributed by atoms with van der Waals surface area (Å²) in [4.78, 5) is 0. The maximum atomic E-state index is 6.00. The van der Waals surface area contributed by atoms with Crippen molar-refractivity contribution in [1.29, 1.82) is 0 Å². The van der Waals surface area contributed by atoms with Gasteiger partial charge in [-0.2, -0.15) is 5.10 Å². The minimum Gasteiger partial charge on any atom is -0.270 e. The average Bonchev–Trinajstić information content (AvgIpc) is 2.30. The molecule has 4 heteroatoms. The summed E-state index contributed by atoms with van der Waals surface area (Å²) in [6.07, 6.45) is 2.47. The lowest BCUT2D eigenvalue weighted by Crippen LogP contribution is -2.00. The zero-order valence-corrected chi connectivity index (χ0v) is 8.02. The van der Waals surface area contributed by atoms with Gasteiger partial charge in [-0.25, -0.2) is 0 Å². The molecule has 1 heterocycles. The van der Waals surface area contributed by atoms with Crippen LogP contribution in [0.15, 0.2) is 6.20 Å². The lowest BCUT2D eigenvalue weighted by molar-refractivity contribution is 0.687. The molecule has 1 atom stereocenters. The van der Waals surface area contributed by atoms with E-state index in [2.05, 4.69) is 5.10 Å². The molecule has 1 aromatic heterocycles. The van der Waals surface area contributed by atoms with Gasteiger partial charge in [0.05, 0.1) is 22.3 Å². The number of hydrogen-bond donors (Lipinski definition) is 0. The number of nitrogens with zero attached hydrogens (tertiary/aromatic N) is 2. The number of halogens is 2. The Bertz CT molecular complexity index is 225. The number of aryl methyl sites for hydroxylation is 1. The minimum atomic E-state index is -0.0324. The van der Waals surface area contributed by atoms with Crippen LogP contribution in [-0.2, 0) is 7.05 Å². The Morgan fingerprint density at radius 1 is 1.73 bits per heavy atom. The Hall–Kier alpha value is -0.210. The number of alkyl halides is 1. The third-order valence-corrected chi connectivity index (χ3v) is 2.40. The van der Waals surface area contributed by atoms with E-state index >= 15 is 0 Å². The molecule has 1 unspecified atom stereocenters. The van der Waals surface area contributed by atoms with Gasteiger partial charge in [0.25, 0.3) is 0 Å². The van der Waals surface area contributed by atoms with E-state index in [1.54, 1.807) is 10.9 Å². The smallest absolute Gasteiger partial charge is 0.0833 e. The molecule has 62 valence electrons. The second-order valence-corrected chi connectivity index (χ2v) is 3.31. The molecule has 0 radical (unpaired) electrons. The molecule has 0 aliphatic rings. The molecule has 0 saturated heterocycles. The van der Waals surface area contributed by atoms with Crippen molar-refractivity contribution in [2.24, 2.45) is 7.05 Å². The van der Waals surface area contributed by atoms with Gasteiger partial charge in [-0.05, 0) is 6.42 Å². The van der Waals surface area contributed by atoms with Gasteiger partial charge in [-0.15, -0.1) is 11.6 Å². The van der Waals surface area contributed by atoms with E-state index in [-0.39, 0.29) is 5.38 Å². The van der Waals surface area contributed by atoms with Crippen molar-refractivity contribution in [2.75, 3.05) is 0 Å². The summed E-state index contributed by atoms with van der Waals surface area (Å²) in [6.45, 7) is 2.01. The van der Waals surface area contributed by atoms with Gasteiger partial charge < -0.3 is 0 Å². The molecule has 0 aliphatic carbocycles. The molecule has 0 N–H and O–H groups in total. The zero-order valence-electron chi connectivity index (χ0n) is 6.51. The van der Waals surface area contributed by atoms with E-state index in [1.165, 1.54) is 0 Å². The zero-order chi connectivity index (χ0) is 8.43. The predicted molar refractivity (Wildman–Crippen MR) is 47.1 cm³/mol. The van der Waals surface area contributed by atoms with Gasteiger partial charge in [-0.3, -0.25) is 4.68 Å². The summed E-state index contributed by atoms with van der Waals surface area (Å²) in [5.74, 6) is 0. The molecule has 0 bridgehead atoms. The molecular weight excluding hydrogens is 183 g/mol. The fraction of sp³-hybridized carbons (Fsp3) is 0.571. The van der Waals surface area contributed by atoms with E-state index in [0.717, 1.165) is 12.1 Å². The van der Waals surface area contributed by atoms with Gasteiger partial charge in [0.15, 0.2) is 0 Å². The highest BCUT2D eigenvalue weighted by atomic mass is 35.5. The van der Waals surface area contributed by atoms with Gasteiger partial charge in [-0.1, -0.05) is 18.5 Å². The molecule has 1 rings (SSSR count). The Morgan fingerprint density at radius 3 is 2.73 bits per heavy atom. The molecule has 0 fully saturated rings. The minimum absolute atomic E-state index is 0.0324. The highest BCUT2D eigenvalue weighted by molar-refractivity contribution is 6.32. The van der Waals surface area contributed by atoms with Crippen LogP contribution in [-0.4, -0.2) is 9.78 Å². The molecular formula is C7H10Cl2N2. The van der Waals surface area contributed by atoms with Crippen LogP contribution in [0.2, 0.25) is 5.02 Å². The molecule has 0 saturated carbocycles. The molecule has 11 heavy (non-hydrogen) atoms. The van der Waals surface area contributed by atoms with Gasteiger partial charge in [0, 0.05) is 7.05 Å². The lowest BCUT2D eigenvalue weighted by atomic mass is 10.2. The molecule has 0 amide bonds. The Balaban J connectivity index is 3.00. The van der Waals surface area contributed by atoms with Crippen molar-refractivity contribution < 1.29 is 0 Å². The number of aromatic nitrogens is 2. The standard InChI is InChI=1S/C7H10Cl2N2/c1-3-5(8)7-6(9)4-10-11(7)2/h4-5H,3H2,1-2H3. The monoisotopic (exact) mass is 192 g/mol. The van der Waals surface area contributed by atoms with Gasteiger partial charge in [0.2, 0.25) is 0 Å². The highest BCUT2D eigenvalue weighted by Crippen LogP contribution is 2.29. The Kier molecular flexibility index (Phi) is 2.79. The van der Waals surface area contributed by atoms with E-state index in [4.69, 9.17) is 23.2 Å². The fourth-order valence-electron chi connectivity index (χ4n) is 0.966. The first kappa shape index (κ1) is 8.88. The summed E-state index contributed by atoms with van der Waals surface area (Å²) < 4.78 is 1.71. The van der Waals surface area contributed by atoms with Crippen LogP contribution in [0.5, 0.6) is 0 Å². The number of rotatable bonds is 2. The number of hydrogen-bond acceptors (Lipinski definition) is 1. The van der Waals surface area contributed by atoms with Crippen molar-refractivity contribution in [2.45, 2.75) is 18.7 Å². The van der Waals surface area contributed by atoms with Crippen molar-refractivity contribution in [3.63, 3.8) is 0 Å². The van der Waals surface area contributed by atoms with Gasteiger partial charge >= 0.3 is 0 Å². The maximum absolute atomic E-state index is 6.00. The fourth-order valence-corrected chi connectivity index (χ4v) is 1.58. The summed E-state index contributed by atoms with van der Waals surface area (Å²) in [6, 6.07) is 0. The summed E-state index contributed by atoms with van der Waals surface area (Å²) >= 11 is 11.8. The second-order valence-electron chi connectivity index (χ2n) is 2.38. The first-order chi connectivity index (χ1) is 5.16. The van der Waals surface area contributed by atoms with Crippen molar-refractivity contribution in [3.8, 4) is 0 Å². The van der Waals surface area contributed by atoms with Crippen LogP contribution in [0, 0.1) is 0 Å². The lowest BCUT2D eigenvalue weighted by Gasteiger charge is -2.06. The molecule has 0 spiro atoms.